The first-order chi connectivity index (χ1) is 13.3. The lowest BCUT2D eigenvalue weighted by atomic mass is 10.2. The molecule has 0 bridgehead atoms. The van der Waals surface area contributed by atoms with Crippen molar-refractivity contribution in [2.24, 2.45) is 10.9 Å². The Morgan fingerprint density at radius 1 is 1.30 bits per heavy atom. The van der Waals surface area contributed by atoms with Gasteiger partial charge in [-0.15, -0.1) is 11.3 Å². The fraction of sp³-hybridized carbons (Fsp3) is 0.600. The molecule has 148 valence electrons. The first-order valence-corrected chi connectivity index (χ1v) is 10.9. The molecule has 0 amide bonds. The number of nitrogens with one attached hydrogen (secondary N) is 2. The lowest BCUT2D eigenvalue weighted by Gasteiger charge is -2.27. The Hall–Kier alpha value is -1.86. The molecule has 2 aromatic heterocycles. The summed E-state index contributed by atoms with van der Waals surface area (Å²) in [6.07, 6.45) is 6.44. The first kappa shape index (κ1) is 19.9. The van der Waals surface area contributed by atoms with Crippen LogP contribution in [-0.2, 0) is 6.54 Å². The molecule has 7 heteroatoms. The molecule has 3 heterocycles. The highest BCUT2D eigenvalue weighted by Crippen LogP contribution is 2.27. The van der Waals surface area contributed by atoms with E-state index in [-0.39, 0.29) is 0 Å². The minimum Gasteiger partial charge on any atom is -0.357 e. The summed E-state index contributed by atoms with van der Waals surface area (Å²) in [7, 11) is 0. The third-order valence-electron chi connectivity index (χ3n) is 4.88. The molecular weight excluding hydrogens is 356 g/mol. The van der Waals surface area contributed by atoms with Crippen LogP contribution in [0.1, 0.15) is 37.6 Å². The van der Waals surface area contributed by atoms with Gasteiger partial charge in [0.05, 0.1) is 6.04 Å². The van der Waals surface area contributed by atoms with Gasteiger partial charge in [0.25, 0.3) is 0 Å². The second kappa shape index (κ2) is 10.5. The summed E-state index contributed by atoms with van der Waals surface area (Å²) >= 11 is 1.85. The molecule has 0 spiro atoms. The van der Waals surface area contributed by atoms with Crippen LogP contribution in [0.25, 0.3) is 0 Å². The Morgan fingerprint density at radius 3 is 2.81 bits per heavy atom. The average Bonchev–Trinajstić information content (AvgIpc) is 3.42. The van der Waals surface area contributed by atoms with Crippen LogP contribution in [0, 0.1) is 5.92 Å². The van der Waals surface area contributed by atoms with E-state index < -0.39 is 0 Å². The molecule has 1 saturated heterocycles. The van der Waals surface area contributed by atoms with Crippen LogP contribution in [-0.4, -0.2) is 53.4 Å². The molecule has 0 aliphatic carbocycles. The van der Waals surface area contributed by atoms with Gasteiger partial charge in [-0.1, -0.05) is 13.0 Å². The van der Waals surface area contributed by atoms with E-state index in [4.69, 9.17) is 4.99 Å². The van der Waals surface area contributed by atoms with Crippen LogP contribution >= 0.6 is 11.3 Å². The normalized spacial score (nSPS) is 17.8. The van der Waals surface area contributed by atoms with Gasteiger partial charge in [-0.2, -0.15) is 5.10 Å². The van der Waals surface area contributed by atoms with E-state index in [1.165, 1.54) is 30.8 Å². The lowest BCUT2D eigenvalue weighted by Crippen LogP contribution is -2.42. The molecule has 2 atom stereocenters. The van der Waals surface area contributed by atoms with E-state index in [1.807, 2.05) is 34.5 Å². The Kier molecular flexibility index (Phi) is 7.71. The summed E-state index contributed by atoms with van der Waals surface area (Å²) in [6, 6.07) is 6.80. The zero-order valence-electron chi connectivity index (χ0n) is 16.5. The predicted octanol–water partition coefficient (Wildman–Crippen LogP) is 2.97. The number of hydrogen-bond acceptors (Lipinski definition) is 4. The second-order valence-corrected chi connectivity index (χ2v) is 8.19. The maximum absolute atomic E-state index is 4.81. The number of likely N-dealkylation sites (tertiary alicyclic amines) is 1. The van der Waals surface area contributed by atoms with Crippen molar-refractivity contribution in [2.75, 3.05) is 32.7 Å². The number of aliphatic imine (C=N–C) groups is 1. The molecule has 1 fully saturated rings. The maximum atomic E-state index is 4.81. The molecule has 3 rings (SSSR count). The van der Waals surface area contributed by atoms with Gasteiger partial charge < -0.3 is 10.6 Å². The van der Waals surface area contributed by atoms with Crippen molar-refractivity contribution in [1.29, 1.82) is 0 Å². The molecule has 1 aliphatic rings. The molecule has 2 N–H and O–H groups in total. The van der Waals surface area contributed by atoms with Gasteiger partial charge in [0, 0.05) is 43.4 Å². The van der Waals surface area contributed by atoms with Crippen molar-refractivity contribution in [1.82, 2.24) is 25.3 Å². The smallest absolute Gasteiger partial charge is 0.191 e. The number of thiophene rings is 1. The SMILES string of the molecule is CCNC(=NCC(C)Cn1cccn1)NCC(c1cccs1)N1CCCC1. The minimum atomic E-state index is 0.429. The fourth-order valence-corrected chi connectivity index (χ4v) is 4.37. The van der Waals surface area contributed by atoms with Gasteiger partial charge >= 0.3 is 0 Å². The quantitative estimate of drug-likeness (QED) is 0.512. The molecule has 6 nitrogen and oxygen atoms in total. The van der Waals surface area contributed by atoms with Gasteiger partial charge in [-0.05, 0) is 56.3 Å². The number of guanidine groups is 1. The third kappa shape index (κ3) is 6.07. The van der Waals surface area contributed by atoms with Crippen molar-refractivity contribution in [3.63, 3.8) is 0 Å². The summed E-state index contributed by atoms with van der Waals surface area (Å²) < 4.78 is 1.97. The van der Waals surface area contributed by atoms with Crippen molar-refractivity contribution >= 4 is 17.3 Å². The van der Waals surface area contributed by atoms with Gasteiger partial charge in [-0.25, -0.2) is 0 Å². The Labute approximate surface area is 166 Å². The number of nitrogens with zero attached hydrogens (tertiary/aromatic N) is 4. The van der Waals surface area contributed by atoms with Gasteiger partial charge in [0.15, 0.2) is 5.96 Å². The number of aromatic nitrogens is 2. The highest BCUT2D eigenvalue weighted by atomic mass is 32.1. The highest BCUT2D eigenvalue weighted by molar-refractivity contribution is 7.10. The largest absolute Gasteiger partial charge is 0.357 e. The van der Waals surface area contributed by atoms with Crippen molar-refractivity contribution < 1.29 is 0 Å². The van der Waals surface area contributed by atoms with E-state index in [9.17, 15) is 0 Å². The zero-order chi connectivity index (χ0) is 18.9. The molecule has 27 heavy (non-hydrogen) atoms. The molecule has 2 aromatic rings. The Morgan fingerprint density at radius 2 is 2.15 bits per heavy atom. The van der Waals surface area contributed by atoms with Crippen LogP contribution in [0.2, 0.25) is 0 Å². The van der Waals surface area contributed by atoms with Crippen LogP contribution in [0.5, 0.6) is 0 Å². The van der Waals surface area contributed by atoms with E-state index in [1.54, 1.807) is 0 Å². The van der Waals surface area contributed by atoms with Gasteiger partial charge in [0.1, 0.15) is 0 Å². The van der Waals surface area contributed by atoms with Gasteiger partial charge in [0.2, 0.25) is 0 Å². The fourth-order valence-electron chi connectivity index (χ4n) is 3.51. The van der Waals surface area contributed by atoms with Crippen LogP contribution in [0.4, 0.5) is 0 Å². The van der Waals surface area contributed by atoms with Crippen molar-refractivity contribution in [3.05, 3.63) is 40.8 Å². The number of hydrogen-bond donors (Lipinski definition) is 2. The van der Waals surface area contributed by atoms with E-state index in [0.29, 0.717) is 12.0 Å². The first-order valence-electron chi connectivity index (χ1n) is 10.0. The monoisotopic (exact) mass is 388 g/mol. The number of rotatable bonds is 9. The third-order valence-corrected chi connectivity index (χ3v) is 5.85. The van der Waals surface area contributed by atoms with Crippen molar-refractivity contribution in [2.45, 2.75) is 39.3 Å². The summed E-state index contributed by atoms with van der Waals surface area (Å²) in [5.74, 6) is 1.34. The Bertz CT molecular complexity index is 661. The topological polar surface area (TPSA) is 57.5 Å². The maximum Gasteiger partial charge on any atom is 0.191 e. The summed E-state index contributed by atoms with van der Waals surface area (Å²) in [4.78, 5) is 8.85. The van der Waals surface area contributed by atoms with E-state index in [0.717, 1.165) is 32.1 Å². The van der Waals surface area contributed by atoms with Crippen molar-refractivity contribution in [3.8, 4) is 0 Å². The summed E-state index contributed by atoms with van der Waals surface area (Å²) in [6.45, 7) is 10.1. The second-order valence-electron chi connectivity index (χ2n) is 7.21. The van der Waals surface area contributed by atoms with Crippen LogP contribution in [0.3, 0.4) is 0 Å². The van der Waals surface area contributed by atoms with Crippen LogP contribution in [0.15, 0.2) is 41.0 Å². The molecule has 2 unspecified atom stereocenters. The lowest BCUT2D eigenvalue weighted by molar-refractivity contribution is 0.249. The average molecular weight is 389 g/mol. The molecule has 0 radical (unpaired) electrons. The van der Waals surface area contributed by atoms with Gasteiger partial charge in [-0.3, -0.25) is 14.6 Å². The highest BCUT2D eigenvalue weighted by Gasteiger charge is 2.24. The van der Waals surface area contributed by atoms with E-state index in [2.05, 4.69) is 52.0 Å². The van der Waals surface area contributed by atoms with E-state index >= 15 is 0 Å². The summed E-state index contributed by atoms with van der Waals surface area (Å²) in [5.41, 5.74) is 0. The zero-order valence-corrected chi connectivity index (χ0v) is 17.3. The molecule has 0 saturated carbocycles. The molecule has 0 aromatic carbocycles. The summed E-state index contributed by atoms with van der Waals surface area (Å²) in [5, 5.41) is 13.4. The standard InChI is InChI=1S/C20H32N6S/c1-3-21-20(22-14-17(2)16-26-12-7-9-24-26)23-15-18(19-8-6-13-27-19)25-10-4-5-11-25/h6-9,12-13,17-18H,3-5,10-11,14-16H2,1-2H3,(H2,21,22,23). The predicted molar refractivity (Wildman–Crippen MR) is 113 cm³/mol. The minimum absolute atomic E-state index is 0.429. The Balaban J connectivity index is 1.56. The molecule has 1 aliphatic heterocycles. The molecular formula is C20H32N6S. The van der Waals surface area contributed by atoms with Crippen LogP contribution < -0.4 is 10.6 Å².